The maximum Gasteiger partial charge on any atom is 0.0723 e. The molecule has 3 aliphatic rings. The quantitative estimate of drug-likeness (QED) is 0.834. The molecule has 3 fully saturated rings. The Morgan fingerprint density at radius 3 is 2.54 bits per heavy atom. The maximum atomic E-state index is 6.40. The zero-order valence-electron chi connectivity index (χ0n) is 15.2. The standard InChI is InChI=1S/C19H31N3OS/c1-16-3-4-18(24-16)14-21-7-5-19(6-8-21)13-17(15-23-19)22-11-9-20(2)10-12-22/h3-4,17H,5-15H2,1-2H3/t17-/m0/s1. The summed E-state index contributed by atoms with van der Waals surface area (Å²) < 4.78 is 6.40. The lowest BCUT2D eigenvalue weighted by atomic mass is 9.87. The van der Waals surface area contributed by atoms with Gasteiger partial charge in [-0.3, -0.25) is 9.80 Å². The van der Waals surface area contributed by atoms with Gasteiger partial charge in [-0.1, -0.05) is 0 Å². The third-order valence-corrected chi connectivity index (χ3v) is 7.17. The molecule has 0 unspecified atom stereocenters. The molecular weight excluding hydrogens is 318 g/mol. The molecule has 1 aromatic rings. The van der Waals surface area contributed by atoms with Crippen LogP contribution in [0.25, 0.3) is 0 Å². The van der Waals surface area contributed by atoms with Crippen molar-refractivity contribution in [2.24, 2.45) is 0 Å². The fourth-order valence-corrected chi connectivity index (χ4v) is 5.43. The van der Waals surface area contributed by atoms with Crippen molar-refractivity contribution in [2.75, 3.05) is 52.9 Å². The molecule has 0 aliphatic carbocycles. The summed E-state index contributed by atoms with van der Waals surface area (Å²) >= 11 is 1.94. The molecule has 1 atom stereocenters. The van der Waals surface area contributed by atoms with E-state index in [1.807, 2.05) is 11.3 Å². The number of piperidine rings is 1. The van der Waals surface area contributed by atoms with E-state index in [9.17, 15) is 0 Å². The summed E-state index contributed by atoms with van der Waals surface area (Å²) in [5, 5.41) is 0. The van der Waals surface area contributed by atoms with E-state index in [1.165, 1.54) is 68.3 Å². The summed E-state index contributed by atoms with van der Waals surface area (Å²) in [5.41, 5.74) is 0.176. The van der Waals surface area contributed by atoms with Gasteiger partial charge in [0.05, 0.1) is 12.2 Å². The van der Waals surface area contributed by atoms with Crippen LogP contribution in [0.4, 0.5) is 0 Å². The molecular formula is C19H31N3OS. The van der Waals surface area contributed by atoms with Crippen LogP contribution in [-0.2, 0) is 11.3 Å². The van der Waals surface area contributed by atoms with Crippen molar-refractivity contribution >= 4 is 11.3 Å². The Balaban J connectivity index is 1.27. The Kier molecular flexibility index (Phi) is 4.98. The average Bonchev–Trinajstić information content (AvgIpc) is 3.18. The predicted molar refractivity (Wildman–Crippen MR) is 99.7 cm³/mol. The Bertz CT molecular complexity index is 545. The minimum Gasteiger partial charge on any atom is -0.373 e. The number of hydrogen-bond donors (Lipinski definition) is 0. The summed E-state index contributed by atoms with van der Waals surface area (Å²) in [6.45, 7) is 11.5. The number of likely N-dealkylation sites (N-methyl/N-ethyl adjacent to an activating group) is 1. The van der Waals surface area contributed by atoms with Gasteiger partial charge in [-0.2, -0.15) is 0 Å². The van der Waals surface area contributed by atoms with Crippen LogP contribution in [0.5, 0.6) is 0 Å². The number of nitrogens with zero attached hydrogens (tertiary/aromatic N) is 3. The largest absolute Gasteiger partial charge is 0.373 e. The van der Waals surface area contributed by atoms with Crippen LogP contribution in [0.1, 0.15) is 29.0 Å². The molecule has 3 aliphatic heterocycles. The fourth-order valence-electron chi connectivity index (χ4n) is 4.50. The number of thiophene rings is 1. The van der Waals surface area contributed by atoms with Crippen LogP contribution in [0.15, 0.2) is 12.1 Å². The van der Waals surface area contributed by atoms with Crippen LogP contribution >= 0.6 is 11.3 Å². The zero-order chi connectivity index (χ0) is 16.6. The molecule has 0 radical (unpaired) electrons. The first kappa shape index (κ1) is 17.0. The van der Waals surface area contributed by atoms with Crippen LogP contribution < -0.4 is 0 Å². The number of hydrogen-bond acceptors (Lipinski definition) is 5. The van der Waals surface area contributed by atoms with Gasteiger partial charge in [-0.05, 0) is 45.4 Å². The minimum atomic E-state index is 0.176. The van der Waals surface area contributed by atoms with Crippen molar-refractivity contribution in [1.29, 1.82) is 0 Å². The normalized spacial score (nSPS) is 29.5. The van der Waals surface area contributed by atoms with E-state index in [-0.39, 0.29) is 5.60 Å². The van der Waals surface area contributed by atoms with Crippen LogP contribution in [0, 0.1) is 6.92 Å². The summed E-state index contributed by atoms with van der Waals surface area (Å²) in [5.74, 6) is 0. The minimum absolute atomic E-state index is 0.176. The number of ether oxygens (including phenoxy) is 1. The topological polar surface area (TPSA) is 19.0 Å². The molecule has 0 bridgehead atoms. The Hall–Kier alpha value is -0.460. The van der Waals surface area contributed by atoms with E-state index < -0.39 is 0 Å². The van der Waals surface area contributed by atoms with Crippen molar-refractivity contribution in [3.05, 3.63) is 21.9 Å². The van der Waals surface area contributed by atoms with Crippen molar-refractivity contribution in [1.82, 2.24) is 14.7 Å². The molecule has 134 valence electrons. The second kappa shape index (κ2) is 7.04. The van der Waals surface area contributed by atoms with Crippen molar-refractivity contribution < 1.29 is 4.74 Å². The first-order chi connectivity index (χ1) is 11.6. The van der Waals surface area contributed by atoms with Gasteiger partial charge in [-0.25, -0.2) is 0 Å². The second-order valence-electron chi connectivity index (χ2n) is 7.98. The van der Waals surface area contributed by atoms with E-state index in [4.69, 9.17) is 4.74 Å². The summed E-state index contributed by atoms with van der Waals surface area (Å²) in [6, 6.07) is 5.19. The van der Waals surface area contributed by atoms with Gasteiger partial charge in [0.15, 0.2) is 0 Å². The Labute approximate surface area is 150 Å². The van der Waals surface area contributed by atoms with Gasteiger partial charge in [-0.15, -0.1) is 11.3 Å². The van der Waals surface area contributed by atoms with Gasteiger partial charge in [0.2, 0.25) is 0 Å². The molecule has 4 rings (SSSR count). The van der Waals surface area contributed by atoms with Gasteiger partial charge < -0.3 is 9.64 Å². The predicted octanol–water partition coefficient (Wildman–Crippen LogP) is 2.43. The highest BCUT2D eigenvalue weighted by Crippen LogP contribution is 2.38. The lowest BCUT2D eigenvalue weighted by Gasteiger charge is -2.39. The molecule has 4 heterocycles. The van der Waals surface area contributed by atoms with Crippen LogP contribution in [0.3, 0.4) is 0 Å². The molecule has 0 N–H and O–H groups in total. The Morgan fingerprint density at radius 2 is 1.88 bits per heavy atom. The van der Waals surface area contributed by atoms with E-state index in [0.717, 1.165) is 13.2 Å². The van der Waals surface area contributed by atoms with E-state index in [2.05, 4.69) is 40.8 Å². The second-order valence-corrected chi connectivity index (χ2v) is 9.35. The lowest BCUT2D eigenvalue weighted by Crippen LogP contribution is -2.50. The molecule has 1 aromatic heterocycles. The van der Waals surface area contributed by atoms with Gasteiger partial charge in [0.1, 0.15) is 0 Å². The molecule has 24 heavy (non-hydrogen) atoms. The SMILES string of the molecule is Cc1ccc(CN2CCC3(CC2)C[C@H](N2CCN(C)CC2)CO3)s1. The highest BCUT2D eigenvalue weighted by Gasteiger charge is 2.44. The molecule has 0 aromatic carbocycles. The highest BCUT2D eigenvalue weighted by molar-refractivity contribution is 7.11. The first-order valence-electron chi connectivity index (χ1n) is 9.46. The van der Waals surface area contributed by atoms with Gasteiger partial charge in [0, 0.05) is 61.6 Å². The van der Waals surface area contributed by atoms with E-state index in [0.29, 0.717) is 6.04 Å². The molecule has 1 spiro atoms. The number of aryl methyl sites for hydroxylation is 1. The summed E-state index contributed by atoms with van der Waals surface area (Å²) in [7, 11) is 2.23. The molecule has 0 saturated carbocycles. The van der Waals surface area contributed by atoms with Gasteiger partial charge in [0.25, 0.3) is 0 Å². The zero-order valence-corrected chi connectivity index (χ0v) is 16.0. The van der Waals surface area contributed by atoms with E-state index >= 15 is 0 Å². The van der Waals surface area contributed by atoms with Crippen molar-refractivity contribution in [3.8, 4) is 0 Å². The molecule has 3 saturated heterocycles. The van der Waals surface area contributed by atoms with Crippen LogP contribution in [0.2, 0.25) is 0 Å². The monoisotopic (exact) mass is 349 g/mol. The van der Waals surface area contributed by atoms with E-state index in [1.54, 1.807) is 0 Å². The average molecular weight is 350 g/mol. The lowest BCUT2D eigenvalue weighted by molar-refractivity contribution is -0.0453. The number of rotatable bonds is 3. The van der Waals surface area contributed by atoms with Crippen molar-refractivity contribution in [3.63, 3.8) is 0 Å². The third kappa shape index (κ3) is 3.70. The fraction of sp³-hybridized carbons (Fsp3) is 0.789. The van der Waals surface area contributed by atoms with Gasteiger partial charge >= 0.3 is 0 Å². The molecule has 4 nitrogen and oxygen atoms in total. The number of likely N-dealkylation sites (tertiary alicyclic amines) is 1. The van der Waals surface area contributed by atoms with Crippen LogP contribution in [-0.4, -0.2) is 79.3 Å². The third-order valence-electron chi connectivity index (χ3n) is 6.19. The molecule has 0 amide bonds. The number of piperazine rings is 1. The Morgan fingerprint density at radius 1 is 1.12 bits per heavy atom. The maximum absolute atomic E-state index is 6.40. The molecule has 5 heteroatoms. The summed E-state index contributed by atoms with van der Waals surface area (Å²) in [4.78, 5) is 10.7. The highest BCUT2D eigenvalue weighted by atomic mass is 32.1. The summed E-state index contributed by atoms with van der Waals surface area (Å²) in [6.07, 6.45) is 3.67. The smallest absolute Gasteiger partial charge is 0.0723 e. The van der Waals surface area contributed by atoms with Crippen molar-refractivity contribution in [2.45, 2.75) is 44.4 Å². The first-order valence-corrected chi connectivity index (χ1v) is 10.3.